The molecule has 2 atom stereocenters. The maximum atomic E-state index is 10.7. The summed E-state index contributed by atoms with van der Waals surface area (Å²) in [6.45, 7) is 9.86. The normalized spacial score (nSPS) is 17.6. The second-order valence-corrected chi connectivity index (χ2v) is 13.9. The lowest BCUT2D eigenvalue weighted by Crippen LogP contribution is -2.39. The summed E-state index contributed by atoms with van der Waals surface area (Å²) in [5.74, 6) is 0. The van der Waals surface area contributed by atoms with Crippen LogP contribution in [-0.2, 0) is 4.43 Å². The Labute approximate surface area is 199 Å². The highest BCUT2D eigenvalue weighted by atomic mass is 28.4. The predicted octanol–water partition coefficient (Wildman–Crippen LogP) is 7.49. The van der Waals surface area contributed by atoms with E-state index >= 15 is 0 Å². The minimum absolute atomic E-state index is 0.0514. The Bertz CT molecular complexity index is 593. The molecule has 1 fully saturated rings. The van der Waals surface area contributed by atoms with Gasteiger partial charge >= 0.3 is 0 Å². The van der Waals surface area contributed by atoms with E-state index in [1.165, 1.54) is 81.5 Å². The highest BCUT2D eigenvalue weighted by Crippen LogP contribution is 2.35. The molecule has 0 amide bonds. The molecule has 0 aliphatic carbocycles. The highest BCUT2D eigenvalue weighted by Gasteiger charge is 2.35. The van der Waals surface area contributed by atoms with Crippen LogP contribution in [0.25, 0.3) is 0 Å². The lowest BCUT2D eigenvalue weighted by atomic mass is 10.1. The van der Waals surface area contributed by atoms with Crippen molar-refractivity contribution in [2.75, 3.05) is 19.6 Å². The number of hydrogen-bond acceptors (Lipinski definition) is 3. The molecular formula is C28H49NO2Si. The van der Waals surface area contributed by atoms with Crippen LogP contribution in [0.4, 0.5) is 0 Å². The number of aliphatic hydroxyl groups excluding tert-OH is 1. The summed E-state index contributed by atoms with van der Waals surface area (Å²) < 4.78 is 7.20. The highest BCUT2D eigenvalue weighted by molar-refractivity contribution is 6.73. The van der Waals surface area contributed by atoms with Gasteiger partial charge in [0.05, 0.1) is 12.2 Å². The van der Waals surface area contributed by atoms with Gasteiger partial charge in [-0.25, -0.2) is 0 Å². The summed E-state index contributed by atoms with van der Waals surface area (Å²) in [6.07, 6.45) is 15.0. The van der Waals surface area contributed by atoms with Crippen molar-refractivity contribution in [3.8, 4) is 0 Å². The first-order chi connectivity index (χ1) is 15.6. The molecule has 0 aromatic heterocycles. The van der Waals surface area contributed by atoms with E-state index in [-0.39, 0.29) is 6.10 Å². The summed E-state index contributed by atoms with van der Waals surface area (Å²) in [6, 6.07) is 14.4. The summed E-state index contributed by atoms with van der Waals surface area (Å²) >= 11 is 0. The zero-order chi connectivity index (χ0) is 23.1. The number of benzene rings is 1. The lowest BCUT2D eigenvalue weighted by molar-refractivity contribution is 0.130. The predicted molar refractivity (Wildman–Crippen MR) is 141 cm³/mol. The van der Waals surface area contributed by atoms with E-state index in [1.807, 2.05) is 6.08 Å². The molecule has 4 heteroatoms. The van der Waals surface area contributed by atoms with Crippen molar-refractivity contribution < 1.29 is 9.53 Å². The van der Waals surface area contributed by atoms with Crippen LogP contribution in [0.5, 0.6) is 0 Å². The van der Waals surface area contributed by atoms with Gasteiger partial charge < -0.3 is 14.4 Å². The fourth-order valence-electron chi connectivity index (χ4n) is 4.88. The molecular weight excluding hydrogens is 410 g/mol. The van der Waals surface area contributed by atoms with Crippen LogP contribution < -0.4 is 0 Å². The van der Waals surface area contributed by atoms with Crippen molar-refractivity contribution in [1.82, 2.24) is 4.90 Å². The molecule has 1 aliphatic heterocycles. The van der Waals surface area contributed by atoms with Crippen LogP contribution in [0.3, 0.4) is 0 Å². The number of hydrogen-bond donors (Lipinski definition) is 1. The smallest absolute Gasteiger partial charge is 0.194 e. The van der Waals surface area contributed by atoms with Crippen molar-refractivity contribution in [2.45, 2.75) is 109 Å². The van der Waals surface area contributed by atoms with Crippen molar-refractivity contribution in [3.05, 3.63) is 48.0 Å². The maximum absolute atomic E-state index is 10.7. The Morgan fingerprint density at radius 1 is 0.875 bits per heavy atom. The van der Waals surface area contributed by atoms with Crippen LogP contribution in [0.1, 0.15) is 90.2 Å². The SMILES string of the molecule is CCCC[Si](CCCC)(CCCC)O[C@H](C=C[C@H](O)CN1CCCCC1)c1ccccc1. The first-order valence-electron chi connectivity index (χ1n) is 13.4. The summed E-state index contributed by atoms with van der Waals surface area (Å²) in [4.78, 5) is 2.40. The minimum atomic E-state index is -1.86. The molecule has 1 aromatic carbocycles. The van der Waals surface area contributed by atoms with Gasteiger partial charge in [-0.1, -0.05) is 108 Å². The van der Waals surface area contributed by atoms with Crippen molar-refractivity contribution in [2.24, 2.45) is 0 Å². The Kier molecular flexibility index (Phi) is 13.5. The molecule has 1 aromatic rings. The number of piperidine rings is 1. The van der Waals surface area contributed by atoms with Crippen LogP contribution in [0, 0.1) is 0 Å². The largest absolute Gasteiger partial charge is 0.406 e. The first-order valence-corrected chi connectivity index (χ1v) is 16.0. The lowest BCUT2D eigenvalue weighted by Gasteiger charge is -2.35. The first kappa shape index (κ1) is 27.3. The zero-order valence-electron chi connectivity index (χ0n) is 21.1. The second kappa shape index (κ2) is 15.8. The topological polar surface area (TPSA) is 32.7 Å². The number of aliphatic hydroxyl groups is 1. The zero-order valence-corrected chi connectivity index (χ0v) is 22.1. The van der Waals surface area contributed by atoms with E-state index in [1.54, 1.807) is 0 Å². The number of likely N-dealkylation sites (tertiary alicyclic amines) is 1. The average molecular weight is 460 g/mol. The van der Waals surface area contributed by atoms with Gasteiger partial charge in [0.2, 0.25) is 0 Å². The Balaban J connectivity index is 2.19. The Morgan fingerprint density at radius 3 is 1.97 bits per heavy atom. The molecule has 32 heavy (non-hydrogen) atoms. The monoisotopic (exact) mass is 459 g/mol. The molecule has 0 spiro atoms. The van der Waals surface area contributed by atoms with E-state index < -0.39 is 14.4 Å². The quantitative estimate of drug-likeness (QED) is 0.205. The molecule has 3 nitrogen and oxygen atoms in total. The van der Waals surface area contributed by atoms with Gasteiger partial charge in [-0.3, -0.25) is 0 Å². The fourth-order valence-corrected chi connectivity index (χ4v) is 9.73. The summed E-state index contributed by atoms with van der Waals surface area (Å²) in [7, 11) is -1.86. The molecule has 0 bridgehead atoms. The van der Waals surface area contributed by atoms with E-state index in [2.05, 4.69) is 62.1 Å². The molecule has 0 unspecified atom stereocenters. The molecule has 1 heterocycles. The van der Waals surface area contributed by atoms with Crippen molar-refractivity contribution in [1.29, 1.82) is 0 Å². The number of unbranched alkanes of at least 4 members (excludes halogenated alkanes) is 3. The van der Waals surface area contributed by atoms with E-state index in [9.17, 15) is 5.11 Å². The summed E-state index contributed by atoms with van der Waals surface area (Å²) in [5, 5.41) is 10.7. The number of β-amino-alcohol motifs (C(OH)–C–C–N with tert-alkyl or cyclic N) is 1. The van der Waals surface area contributed by atoms with Gasteiger partial charge in [-0.05, 0) is 49.6 Å². The third-order valence-corrected chi connectivity index (χ3v) is 11.4. The molecule has 0 radical (unpaired) electrons. The average Bonchev–Trinajstić information content (AvgIpc) is 2.83. The van der Waals surface area contributed by atoms with Crippen molar-refractivity contribution in [3.63, 3.8) is 0 Å². The summed E-state index contributed by atoms with van der Waals surface area (Å²) in [5.41, 5.74) is 1.22. The Morgan fingerprint density at radius 2 is 1.44 bits per heavy atom. The molecule has 182 valence electrons. The molecule has 0 saturated carbocycles. The second-order valence-electron chi connectivity index (χ2n) is 9.76. The van der Waals surface area contributed by atoms with Crippen LogP contribution in [0.15, 0.2) is 42.5 Å². The standard InChI is InChI=1S/C28H49NO2Si/c1-4-7-22-32(23-8-5-2,24-9-6-3)31-28(26-16-12-10-13-17-26)19-18-27(30)25-29-20-14-11-15-21-29/h10,12-13,16-19,27-28,30H,4-9,11,14-15,20-25H2,1-3H3/t27-,28+/m0/s1. The third-order valence-electron chi connectivity index (χ3n) is 6.86. The van der Waals surface area contributed by atoms with Gasteiger partial charge in [-0.2, -0.15) is 0 Å². The van der Waals surface area contributed by atoms with E-state index in [0.29, 0.717) is 0 Å². The van der Waals surface area contributed by atoms with E-state index in [4.69, 9.17) is 4.43 Å². The van der Waals surface area contributed by atoms with Crippen LogP contribution >= 0.6 is 0 Å². The van der Waals surface area contributed by atoms with E-state index in [0.717, 1.165) is 19.6 Å². The van der Waals surface area contributed by atoms with Crippen molar-refractivity contribution >= 4 is 8.32 Å². The number of nitrogens with zero attached hydrogens (tertiary/aromatic N) is 1. The van der Waals surface area contributed by atoms with Gasteiger partial charge in [0.1, 0.15) is 0 Å². The Hall–Kier alpha value is -0.943. The minimum Gasteiger partial charge on any atom is -0.406 e. The van der Waals surface area contributed by atoms with Crippen LogP contribution in [0.2, 0.25) is 18.1 Å². The third kappa shape index (κ3) is 9.90. The number of rotatable bonds is 16. The van der Waals surface area contributed by atoms with Gasteiger partial charge in [-0.15, -0.1) is 0 Å². The molecule has 2 rings (SSSR count). The maximum Gasteiger partial charge on any atom is 0.194 e. The molecule has 1 aliphatic rings. The van der Waals surface area contributed by atoms with Gasteiger partial charge in [0, 0.05) is 6.54 Å². The van der Waals surface area contributed by atoms with Gasteiger partial charge in [0.15, 0.2) is 8.32 Å². The molecule has 1 N–H and O–H groups in total. The molecule has 1 saturated heterocycles. The van der Waals surface area contributed by atoms with Gasteiger partial charge in [0.25, 0.3) is 0 Å². The van der Waals surface area contributed by atoms with Crippen LogP contribution in [-0.4, -0.2) is 44.1 Å². The fraction of sp³-hybridized carbons (Fsp3) is 0.714.